The number of carbonyl (C=O) groups excluding carboxylic acids is 1. The number of urea groups is 1. The Bertz CT molecular complexity index is 246. The van der Waals surface area contributed by atoms with Crippen LogP contribution in [0.4, 0.5) is 4.79 Å². The molecule has 1 aromatic rings. The molecule has 1 rings (SSSR count). The van der Waals surface area contributed by atoms with Gasteiger partial charge in [0.1, 0.15) is 0 Å². The Labute approximate surface area is 71.8 Å². The Morgan fingerprint density at radius 1 is 1.33 bits per heavy atom. The molecule has 0 heterocycles. The van der Waals surface area contributed by atoms with Gasteiger partial charge in [0.05, 0.1) is 6.54 Å². The molecule has 63 valence electrons. The van der Waals surface area contributed by atoms with E-state index >= 15 is 0 Å². The molecule has 0 spiro atoms. The quantitative estimate of drug-likeness (QED) is 0.674. The van der Waals surface area contributed by atoms with Gasteiger partial charge in [-0.25, -0.2) is 4.79 Å². The lowest BCUT2D eigenvalue weighted by atomic mass is 10.2. The van der Waals surface area contributed by atoms with Crippen molar-refractivity contribution in [1.82, 2.24) is 10.6 Å². The minimum absolute atomic E-state index is 0.209. The predicted octanol–water partition coefficient (Wildman–Crippen LogP) is 1.13. The highest BCUT2D eigenvalue weighted by atomic mass is 16.2. The number of amides is 2. The fourth-order valence-corrected chi connectivity index (χ4v) is 0.770. The molecule has 0 fully saturated rings. The Morgan fingerprint density at radius 3 is 2.58 bits per heavy atom. The van der Waals surface area contributed by atoms with Crippen molar-refractivity contribution in [3.05, 3.63) is 42.4 Å². The van der Waals surface area contributed by atoms with Crippen LogP contribution in [0.15, 0.2) is 30.3 Å². The summed E-state index contributed by atoms with van der Waals surface area (Å²) >= 11 is 0. The molecule has 0 unspecified atom stereocenters. The van der Waals surface area contributed by atoms with E-state index < -0.39 is 0 Å². The summed E-state index contributed by atoms with van der Waals surface area (Å²) in [6, 6.07) is 9.37. The molecule has 2 N–H and O–H groups in total. The second kappa shape index (κ2) is 4.38. The highest BCUT2D eigenvalue weighted by Gasteiger charge is 1.95. The standard InChI is InChI=1S/C9H11N2O/c1-10-9(12)11-7-8-5-3-2-4-6-8/h2-7H,1H3,(H2,10,11,12). The number of carbonyl (C=O) groups is 1. The Kier molecular flexibility index (Phi) is 3.14. The molecular weight excluding hydrogens is 152 g/mol. The number of rotatable bonds is 2. The summed E-state index contributed by atoms with van der Waals surface area (Å²) < 4.78 is 0. The van der Waals surface area contributed by atoms with Crippen molar-refractivity contribution >= 4 is 6.03 Å². The summed E-state index contributed by atoms with van der Waals surface area (Å²) in [7, 11) is 1.58. The van der Waals surface area contributed by atoms with Gasteiger partial charge >= 0.3 is 6.03 Å². The second-order valence-electron chi connectivity index (χ2n) is 2.28. The zero-order valence-corrected chi connectivity index (χ0v) is 6.87. The molecule has 0 saturated carbocycles. The summed E-state index contributed by atoms with van der Waals surface area (Å²) in [6.07, 6.45) is 0. The number of hydrogen-bond acceptors (Lipinski definition) is 1. The average molecular weight is 163 g/mol. The molecular formula is C9H11N2O. The summed E-state index contributed by atoms with van der Waals surface area (Å²) in [5.41, 5.74) is 0.973. The van der Waals surface area contributed by atoms with Gasteiger partial charge in [0.2, 0.25) is 0 Å². The lowest BCUT2D eigenvalue weighted by molar-refractivity contribution is 0.245. The van der Waals surface area contributed by atoms with Crippen molar-refractivity contribution in [1.29, 1.82) is 0 Å². The van der Waals surface area contributed by atoms with Gasteiger partial charge in [-0.1, -0.05) is 30.3 Å². The van der Waals surface area contributed by atoms with E-state index in [-0.39, 0.29) is 6.03 Å². The normalized spacial score (nSPS) is 9.08. The van der Waals surface area contributed by atoms with Crippen molar-refractivity contribution in [2.75, 3.05) is 7.05 Å². The van der Waals surface area contributed by atoms with Crippen molar-refractivity contribution in [3.8, 4) is 0 Å². The van der Waals surface area contributed by atoms with Crippen molar-refractivity contribution in [2.45, 2.75) is 0 Å². The van der Waals surface area contributed by atoms with Gasteiger partial charge in [-0.05, 0) is 5.56 Å². The smallest absolute Gasteiger partial charge is 0.315 e. The maximum Gasteiger partial charge on any atom is 0.315 e. The molecule has 3 nitrogen and oxygen atoms in total. The first-order valence-corrected chi connectivity index (χ1v) is 3.69. The van der Waals surface area contributed by atoms with Crippen LogP contribution in [-0.4, -0.2) is 13.1 Å². The fraction of sp³-hybridized carbons (Fsp3) is 0.111. The third-order valence-corrected chi connectivity index (χ3v) is 1.40. The molecule has 2 amide bonds. The first-order valence-electron chi connectivity index (χ1n) is 3.69. The van der Waals surface area contributed by atoms with E-state index in [0.717, 1.165) is 5.56 Å². The minimum atomic E-state index is -0.209. The third kappa shape index (κ3) is 2.62. The maximum absolute atomic E-state index is 10.7. The monoisotopic (exact) mass is 163 g/mol. The molecule has 1 radical (unpaired) electrons. The van der Waals surface area contributed by atoms with E-state index in [1.165, 1.54) is 0 Å². The van der Waals surface area contributed by atoms with Crippen LogP contribution in [0.1, 0.15) is 5.56 Å². The predicted molar refractivity (Wildman–Crippen MR) is 47.4 cm³/mol. The number of hydrogen-bond donors (Lipinski definition) is 2. The summed E-state index contributed by atoms with van der Waals surface area (Å²) in [4.78, 5) is 10.7. The minimum Gasteiger partial charge on any atom is -0.341 e. The van der Waals surface area contributed by atoms with E-state index in [1.807, 2.05) is 30.3 Å². The molecule has 0 saturated heterocycles. The second-order valence-corrected chi connectivity index (χ2v) is 2.28. The van der Waals surface area contributed by atoms with Crippen molar-refractivity contribution in [2.24, 2.45) is 0 Å². The zero-order chi connectivity index (χ0) is 8.81. The van der Waals surface area contributed by atoms with E-state index in [0.29, 0.717) is 0 Å². The van der Waals surface area contributed by atoms with Gasteiger partial charge in [-0.3, -0.25) is 0 Å². The van der Waals surface area contributed by atoms with E-state index in [9.17, 15) is 4.79 Å². The molecule has 0 atom stereocenters. The van der Waals surface area contributed by atoms with Crippen LogP contribution in [0.3, 0.4) is 0 Å². The third-order valence-electron chi connectivity index (χ3n) is 1.40. The van der Waals surface area contributed by atoms with E-state index in [2.05, 4.69) is 10.6 Å². The molecule has 0 aromatic heterocycles. The van der Waals surface area contributed by atoms with E-state index in [4.69, 9.17) is 0 Å². The van der Waals surface area contributed by atoms with Crippen LogP contribution in [-0.2, 0) is 0 Å². The molecule has 1 aromatic carbocycles. The van der Waals surface area contributed by atoms with Crippen LogP contribution in [0, 0.1) is 6.54 Å². The lowest BCUT2D eigenvalue weighted by Gasteiger charge is -2.02. The van der Waals surface area contributed by atoms with Crippen molar-refractivity contribution < 1.29 is 4.79 Å². The SMILES string of the molecule is CNC(=O)N[CH]c1ccccc1. The summed E-state index contributed by atoms with van der Waals surface area (Å²) in [6.45, 7) is 1.65. The van der Waals surface area contributed by atoms with E-state index in [1.54, 1.807) is 13.6 Å². The Morgan fingerprint density at radius 2 is 2.00 bits per heavy atom. The van der Waals surface area contributed by atoms with Gasteiger partial charge < -0.3 is 10.6 Å². The number of nitrogens with one attached hydrogen (secondary N) is 2. The van der Waals surface area contributed by atoms with Gasteiger partial charge in [0, 0.05) is 7.05 Å². The summed E-state index contributed by atoms with van der Waals surface area (Å²) in [5, 5.41) is 5.03. The molecule has 12 heavy (non-hydrogen) atoms. The number of benzene rings is 1. The van der Waals surface area contributed by atoms with Gasteiger partial charge in [-0.15, -0.1) is 0 Å². The zero-order valence-electron chi connectivity index (χ0n) is 6.87. The first kappa shape index (κ1) is 8.59. The van der Waals surface area contributed by atoms with Crippen LogP contribution >= 0.6 is 0 Å². The highest BCUT2D eigenvalue weighted by molar-refractivity contribution is 5.74. The lowest BCUT2D eigenvalue weighted by Crippen LogP contribution is -2.30. The fourth-order valence-electron chi connectivity index (χ4n) is 0.770. The molecule has 0 aliphatic rings. The largest absolute Gasteiger partial charge is 0.341 e. The maximum atomic E-state index is 10.7. The topological polar surface area (TPSA) is 41.1 Å². The van der Waals surface area contributed by atoms with Crippen LogP contribution in [0.5, 0.6) is 0 Å². The molecule has 0 aliphatic heterocycles. The van der Waals surface area contributed by atoms with Crippen LogP contribution in [0.2, 0.25) is 0 Å². The van der Waals surface area contributed by atoms with Crippen LogP contribution in [0.25, 0.3) is 0 Å². The Hall–Kier alpha value is -1.51. The highest BCUT2D eigenvalue weighted by Crippen LogP contribution is 1.98. The Balaban J connectivity index is 2.38. The average Bonchev–Trinajstić information content (AvgIpc) is 2.16. The molecule has 0 bridgehead atoms. The van der Waals surface area contributed by atoms with Gasteiger partial charge in [-0.2, -0.15) is 0 Å². The van der Waals surface area contributed by atoms with Crippen LogP contribution < -0.4 is 10.6 Å². The summed E-state index contributed by atoms with van der Waals surface area (Å²) in [5.74, 6) is 0. The van der Waals surface area contributed by atoms with Gasteiger partial charge in [0.25, 0.3) is 0 Å². The van der Waals surface area contributed by atoms with Gasteiger partial charge in [0.15, 0.2) is 0 Å². The molecule has 0 aliphatic carbocycles. The molecule has 3 heteroatoms. The first-order chi connectivity index (χ1) is 5.83. The van der Waals surface area contributed by atoms with Crippen molar-refractivity contribution in [3.63, 3.8) is 0 Å².